The Morgan fingerprint density at radius 1 is 1.00 bits per heavy atom. The number of nitrogens with one attached hydrogen (secondary N) is 1. The number of carbonyl (C=O) groups is 1. The first kappa shape index (κ1) is 22.7. The van der Waals surface area contributed by atoms with Crippen LogP contribution in [-0.2, 0) is 7.86 Å². The molecule has 0 fully saturated rings. The van der Waals surface area contributed by atoms with Gasteiger partial charge in [0.05, 0.1) is 18.8 Å². The Morgan fingerprint density at radius 2 is 1.73 bits per heavy atom. The van der Waals surface area contributed by atoms with Crippen molar-refractivity contribution < 1.29 is 7.86 Å². The second-order valence-corrected chi connectivity index (χ2v) is 8.69. The van der Waals surface area contributed by atoms with E-state index in [-0.39, 0.29) is 12.5 Å². The number of benzene rings is 3. The van der Waals surface area contributed by atoms with Gasteiger partial charge in [0.25, 0.3) is 0 Å². The molecule has 0 aromatic heterocycles. The molecule has 0 spiro atoms. The fourth-order valence-electron chi connectivity index (χ4n) is 3.14. The first-order chi connectivity index (χ1) is 14.6. The van der Waals surface area contributed by atoms with Crippen molar-refractivity contribution in [1.29, 1.82) is 0 Å². The van der Waals surface area contributed by atoms with Crippen LogP contribution in [0.15, 0.2) is 82.6 Å². The van der Waals surface area contributed by atoms with E-state index in [4.69, 9.17) is 3.07 Å². The van der Waals surface area contributed by atoms with Gasteiger partial charge in [-0.1, -0.05) is 59.8 Å². The number of amides is 1. The van der Waals surface area contributed by atoms with Gasteiger partial charge in [0.2, 0.25) is 5.91 Å². The molecular formula is C24H25IN2O2S. The maximum atomic E-state index is 12.9. The number of rotatable bonds is 9. The number of hydrogen-bond donors (Lipinski definition) is 1. The number of halogens is 1. The summed E-state index contributed by atoms with van der Waals surface area (Å²) in [6.45, 7) is 5.65. The number of aryl methyl sites for hydroxylation is 2. The lowest BCUT2D eigenvalue weighted by molar-refractivity contribution is -0.115. The lowest BCUT2D eigenvalue weighted by atomic mass is 10.2. The predicted molar refractivity (Wildman–Crippen MR) is 134 cm³/mol. The fourth-order valence-corrected chi connectivity index (χ4v) is 4.30. The Balaban J connectivity index is 1.73. The molecule has 0 aliphatic carbocycles. The largest absolute Gasteiger partial charge is 0.360 e. The zero-order valence-electron chi connectivity index (χ0n) is 17.1. The maximum Gasteiger partial charge on any atom is 0.243 e. The maximum absolute atomic E-state index is 12.9. The summed E-state index contributed by atoms with van der Waals surface area (Å²) < 4.78 is 5.19. The van der Waals surface area contributed by atoms with Crippen LogP contribution in [0.3, 0.4) is 0 Å². The third-order valence-electron chi connectivity index (χ3n) is 4.61. The number of para-hydroxylation sites is 2. The van der Waals surface area contributed by atoms with Crippen LogP contribution in [0.2, 0.25) is 0 Å². The van der Waals surface area contributed by atoms with E-state index in [1.807, 2.05) is 82.5 Å². The van der Waals surface area contributed by atoms with Gasteiger partial charge >= 0.3 is 0 Å². The fraction of sp³-hybridized carbons (Fsp3) is 0.208. The highest BCUT2D eigenvalue weighted by molar-refractivity contribution is 14.1. The molecule has 0 heterocycles. The smallest absolute Gasteiger partial charge is 0.243 e. The lowest BCUT2D eigenvalue weighted by Gasteiger charge is -2.24. The van der Waals surface area contributed by atoms with Gasteiger partial charge in [-0.15, -0.1) is 0 Å². The summed E-state index contributed by atoms with van der Waals surface area (Å²) in [6.07, 6.45) is 0. The van der Waals surface area contributed by atoms with E-state index in [1.54, 1.807) is 11.8 Å². The Hall–Kier alpha value is -2.03. The van der Waals surface area contributed by atoms with Gasteiger partial charge in [0.15, 0.2) is 0 Å². The van der Waals surface area contributed by atoms with Crippen LogP contribution in [0.25, 0.3) is 0 Å². The van der Waals surface area contributed by atoms with Crippen LogP contribution in [-0.4, -0.2) is 25.6 Å². The highest BCUT2D eigenvalue weighted by Crippen LogP contribution is 2.35. The SMILES string of the molecule is Cc1ccc(Sc2ccccc2NC(=O)CN(CCOI)c2ccccc2)c(C)c1. The third kappa shape index (κ3) is 6.48. The van der Waals surface area contributed by atoms with Gasteiger partial charge in [-0.3, -0.25) is 4.79 Å². The molecule has 4 nitrogen and oxygen atoms in total. The van der Waals surface area contributed by atoms with Gasteiger partial charge in [0.1, 0.15) is 23.0 Å². The minimum Gasteiger partial charge on any atom is -0.360 e. The minimum absolute atomic E-state index is 0.0546. The van der Waals surface area contributed by atoms with Crippen molar-refractivity contribution in [3.05, 3.63) is 83.9 Å². The Morgan fingerprint density at radius 3 is 2.47 bits per heavy atom. The molecule has 156 valence electrons. The Labute approximate surface area is 196 Å². The van der Waals surface area contributed by atoms with E-state index in [0.29, 0.717) is 13.2 Å². The highest BCUT2D eigenvalue weighted by Gasteiger charge is 2.14. The molecule has 0 atom stereocenters. The number of hydrogen-bond acceptors (Lipinski definition) is 4. The Bertz CT molecular complexity index is 982. The molecule has 0 aliphatic heterocycles. The van der Waals surface area contributed by atoms with Crippen molar-refractivity contribution in [2.24, 2.45) is 0 Å². The van der Waals surface area contributed by atoms with Crippen molar-refractivity contribution in [2.75, 3.05) is 29.9 Å². The molecule has 0 radical (unpaired) electrons. The monoisotopic (exact) mass is 532 g/mol. The second kappa shape index (κ2) is 11.4. The van der Waals surface area contributed by atoms with Crippen molar-refractivity contribution in [2.45, 2.75) is 23.6 Å². The van der Waals surface area contributed by atoms with Crippen molar-refractivity contribution in [1.82, 2.24) is 0 Å². The standard InChI is InChI=1S/C24H25IN2O2S/c1-18-12-13-22(19(2)16-18)30-23-11-7-6-10-21(23)26-24(28)17-27(14-15-29-25)20-8-4-3-5-9-20/h3-13,16H,14-15,17H2,1-2H3,(H,26,28). The van der Waals surface area contributed by atoms with Gasteiger partial charge in [-0.2, -0.15) is 0 Å². The zero-order chi connectivity index (χ0) is 21.3. The molecule has 0 unspecified atom stereocenters. The van der Waals surface area contributed by atoms with Crippen LogP contribution in [0.1, 0.15) is 11.1 Å². The van der Waals surface area contributed by atoms with E-state index >= 15 is 0 Å². The molecule has 6 heteroatoms. The van der Waals surface area contributed by atoms with E-state index < -0.39 is 0 Å². The van der Waals surface area contributed by atoms with Crippen molar-refractivity contribution in [3.63, 3.8) is 0 Å². The summed E-state index contributed by atoms with van der Waals surface area (Å²) >= 11 is 3.55. The lowest BCUT2D eigenvalue weighted by Crippen LogP contribution is -2.35. The van der Waals surface area contributed by atoms with Crippen molar-refractivity contribution in [3.8, 4) is 0 Å². The second-order valence-electron chi connectivity index (χ2n) is 6.99. The molecular weight excluding hydrogens is 507 g/mol. The quantitative estimate of drug-likeness (QED) is 0.330. The van der Waals surface area contributed by atoms with Crippen LogP contribution < -0.4 is 10.2 Å². The summed E-state index contributed by atoms with van der Waals surface area (Å²) in [6, 6.07) is 24.3. The summed E-state index contributed by atoms with van der Waals surface area (Å²) in [5, 5.41) is 3.09. The van der Waals surface area contributed by atoms with Crippen LogP contribution >= 0.6 is 34.8 Å². The summed E-state index contributed by atoms with van der Waals surface area (Å²) in [4.78, 5) is 17.1. The summed E-state index contributed by atoms with van der Waals surface area (Å²) in [5.74, 6) is -0.0546. The molecule has 0 saturated carbocycles. The number of carbonyl (C=O) groups excluding carboxylic acids is 1. The summed E-state index contributed by atoms with van der Waals surface area (Å²) in [5.41, 5.74) is 4.30. The first-order valence-electron chi connectivity index (χ1n) is 9.74. The minimum atomic E-state index is -0.0546. The molecule has 0 bridgehead atoms. The highest BCUT2D eigenvalue weighted by atomic mass is 127. The van der Waals surface area contributed by atoms with Gasteiger partial charge in [-0.05, 0) is 49.7 Å². The van der Waals surface area contributed by atoms with E-state index in [9.17, 15) is 4.79 Å². The molecule has 30 heavy (non-hydrogen) atoms. The van der Waals surface area contributed by atoms with Crippen LogP contribution in [0.5, 0.6) is 0 Å². The topological polar surface area (TPSA) is 41.6 Å². The summed E-state index contributed by atoms with van der Waals surface area (Å²) in [7, 11) is 0. The van der Waals surface area contributed by atoms with Gasteiger partial charge in [-0.25, -0.2) is 0 Å². The van der Waals surface area contributed by atoms with Crippen molar-refractivity contribution >= 4 is 52.0 Å². The average molecular weight is 532 g/mol. The van der Waals surface area contributed by atoms with Crippen LogP contribution in [0, 0.1) is 13.8 Å². The predicted octanol–water partition coefficient (Wildman–Crippen LogP) is 6.27. The van der Waals surface area contributed by atoms with E-state index in [1.165, 1.54) is 16.0 Å². The van der Waals surface area contributed by atoms with Gasteiger partial charge in [0, 0.05) is 22.0 Å². The molecule has 0 saturated heterocycles. The van der Waals surface area contributed by atoms with E-state index in [2.05, 4.69) is 37.4 Å². The molecule has 1 amide bonds. The first-order valence-corrected chi connectivity index (χ1v) is 11.4. The molecule has 3 aromatic rings. The Kier molecular flexibility index (Phi) is 8.60. The normalized spacial score (nSPS) is 10.6. The number of anilines is 2. The average Bonchev–Trinajstić information content (AvgIpc) is 2.75. The third-order valence-corrected chi connectivity index (χ3v) is 6.30. The van der Waals surface area contributed by atoms with E-state index in [0.717, 1.165) is 16.3 Å². The number of nitrogens with zero attached hydrogens (tertiary/aromatic N) is 1. The molecule has 3 rings (SSSR count). The molecule has 0 aliphatic rings. The van der Waals surface area contributed by atoms with Gasteiger partial charge < -0.3 is 13.3 Å². The zero-order valence-corrected chi connectivity index (χ0v) is 20.1. The molecule has 1 N–H and O–H groups in total. The van der Waals surface area contributed by atoms with Crippen LogP contribution in [0.4, 0.5) is 11.4 Å². The molecule has 3 aromatic carbocycles.